The van der Waals surface area contributed by atoms with Crippen molar-refractivity contribution in [2.75, 3.05) is 0 Å². The average Bonchev–Trinajstić information content (AvgIpc) is 3.54. The molecule has 7 aliphatic carbocycles. The van der Waals surface area contributed by atoms with Gasteiger partial charge in [0.2, 0.25) is 0 Å². The number of phenols is 1. The molecule has 0 saturated heterocycles. The molecule has 0 amide bonds. The van der Waals surface area contributed by atoms with E-state index in [0.717, 1.165) is 70.6 Å². The Morgan fingerprint density at radius 3 is 2.27 bits per heavy atom. The summed E-state index contributed by atoms with van der Waals surface area (Å²) >= 11 is 0. The number of allylic oxidation sites excluding steroid dienone is 1. The van der Waals surface area contributed by atoms with Crippen LogP contribution in [0.25, 0.3) is 0 Å². The lowest BCUT2D eigenvalue weighted by Crippen LogP contribution is -2.54. The largest absolute Gasteiger partial charge is 0.508 e. The first-order valence-corrected chi connectivity index (χ1v) is 19.4. The first-order valence-electron chi connectivity index (χ1n) is 19.4. The predicted molar refractivity (Wildman–Crippen MR) is 183 cm³/mol. The van der Waals surface area contributed by atoms with Crippen LogP contribution in [0, 0.1) is 58.2 Å². The Morgan fingerprint density at radius 2 is 1.52 bits per heavy atom. The van der Waals surface area contributed by atoms with Gasteiger partial charge in [-0.05, 0) is 153 Å². The molecule has 0 spiro atoms. The fraction of sp³-hybridized carbons (Fsp3) is 0.738. The lowest BCUT2D eigenvalue weighted by molar-refractivity contribution is -0.167. The predicted octanol–water partition coefficient (Wildman–Crippen LogP) is 8.49. The van der Waals surface area contributed by atoms with E-state index in [2.05, 4.69) is 33.8 Å². The first kappa shape index (κ1) is 32.6. The van der Waals surface area contributed by atoms with Crippen LogP contribution in [-0.4, -0.2) is 35.0 Å². The molecule has 5 saturated carbocycles. The van der Waals surface area contributed by atoms with Gasteiger partial charge < -0.3 is 14.6 Å². The zero-order valence-electron chi connectivity index (χ0n) is 29.5. The fourth-order valence-electron chi connectivity index (χ4n) is 13.6. The van der Waals surface area contributed by atoms with Crippen LogP contribution in [0.2, 0.25) is 0 Å². The van der Waals surface area contributed by atoms with Crippen molar-refractivity contribution in [3.63, 3.8) is 0 Å². The molecule has 5 fully saturated rings. The van der Waals surface area contributed by atoms with E-state index in [1.165, 1.54) is 16.7 Å². The summed E-state index contributed by atoms with van der Waals surface area (Å²) in [5.41, 5.74) is 4.06. The molecule has 260 valence electrons. The van der Waals surface area contributed by atoms with Crippen LogP contribution in [0.3, 0.4) is 0 Å². The molecule has 48 heavy (non-hydrogen) atoms. The lowest BCUT2D eigenvalue weighted by atomic mass is 9.47. The number of aryl methyl sites for hydroxylation is 1. The highest BCUT2D eigenvalue weighted by Crippen LogP contribution is 2.65. The summed E-state index contributed by atoms with van der Waals surface area (Å²) in [4.78, 5) is 38.7. The van der Waals surface area contributed by atoms with Gasteiger partial charge in [-0.15, -0.1) is 0 Å². The van der Waals surface area contributed by atoms with E-state index in [-0.39, 0.29) is 47.8 Å². The molecule has 1 N–H and O–H groups in total. The summed E-state index contributed by atoms with van der Waals surface area (Å²) in [6.07, 6.45) is 14.0. The third kappa shape index (κ3) is 5.20. The molecule has 1 aromatic carbocycles. The third-order valence-electron chi connectivity index (χ3n) is 15.6. The van der Waals surface area contributed by atoms with Gasteiger partial charge in [0.15, 0.2) is 5.78 Å². The zero-order chi connectivity index (χ0) is 33.5. The second-order valence-corrected chi connectivity index (χ2v) is 17.9. The number of esters is 2. The van der Waals surface area contributed by atoms with Gasteiger partial charge in [0.05, 0.1) is 12.8 Å². The Morgan fingerprint density at radius 1 is 0.812 bits per heavy atom. The number of hydrogen-bond acceptors (Lipinski definition) is 6. The molecule has 7 unspecified atom stereocenters. The highest BCUT2D eigenvalue weighted by Gasteiger charge is 2.61. The van der Waals surface area contributed by atoms with Crippen molar-refractivity contribution in [2.45, 2.75) is 136 Å². The van der Waals surface area contributed by atoms with E-state index < -0.39 is 0 Å². The topological polar surface area (TPSA) is 89.9 Å². The van der Waals surface area contributed by atoms with Crippen molar-refractivity contribution in [3.8, 4) is 5.75 Å². The van der Waals surface area contributed by atoms with Crippen LogP contribution in [-0.2, 0) is 30.3 Å². The molecule has 1 aromatic rings. The smallest absolute Gasteiger partial charge is 0.306 e. The SMILES string of the molecule is C[C@@H]1CC2=CC(=O)CCC2C2C1C1CC[C@H](OC(=O)CCC(=O)O[C@H]3CCC4C5CCc6cc(O)ccc6C5CC[C@@]43C)[C@@]1(C)C[C@@H]2C. The minimum Gasteiger partial charge on any atom is -0.508 e. The molecular weight excluding hydrogens is 600 g/mol. The highest BCUT2D eigenvalue weighted by atomic mass is 16.6. The molecular formula is C42H56O6. The van der Waals surface area contributed by atoms with Crippen LogP contribution in [0.1, 0.15) is 128 Å². The Balaban J connectivity index is 0.863. The minimum atomic E-state index is -0.263. The maximum Gasteiger partial charge on any atom is 0.306 e. The second kappa shape index (κ2) is 12.0. The summed E-state index contributed by atoms with van der Waals surface area (Å²) in [7, 11) is 0. The van der Waals surface area contributed by atoms with Gasteiger partial charge in [0, 0.05) is 17.3 Å². The van der Waals surface area contributed by atoms with E-state index in [1.807, 2.05) is 18.2 Å². The molecule has 0 radical (unpaired) electrons. The van der Waals surface area contributed by atoms with Gasteiger partial charge in [-0.2, -0.15) is 0 Å². The number of ketones is 1. The molecule has 0 heterocycles. The maximum absolute atomic E-state index is 13.3. The third-order valence-corrected chi connectivity index (χ3v) is 15.6. The first-order chi connectivity index (χ1) is 23.0. The van der Waals surface area contributed by atoms with Crippen molar-refractivity contribution < 1.29 is 29.0 Å². The monoisotopic (exact) mass is 656 g/mol. The van der Waals surface area contributed by atoms with Crippen molar-refractivity contribution in [1.82, 2.24) is 0 Å². The number of hydrogen-bond donors (Lipinski definition) is 1. The highest BCUT2D eigenvalue weighted by molar-refractivity contribution is 5.91. The number of carbonyl (C=O) groups is 3. The van der Waals surface area contributed by atoms with Crippen LogP contribution in [0.15, 0.2) is 29.8 Å². The van der Waals surface area contributed by atoms with Crippen molar-refractivity contribution in [3.05, 3.63) is 41.0 Å². The van der Waals surface area contributed by atoms with Gasteiger partial charge in [-0.25, -0.2) is 0 Å². The van der Waals surface area contributed by atoms with Gasteiger partial charge in [-0.1, -0.05) is 39.3 Å². The standard InChI is InChI=1S/C42H56O6/c1-23-19-26-21-28(44)7-10-30(26)39-24(2)22-42(4)34(40(23)39)12-14-36(42)48-38(46)16-15-37(45)47-35-13-11-33-32-8-5-25-20-27(43)6-9-29(25)31(32)17-18-41(33,35)3/h6,9,20-21,23-24,30-36,39-40,43H,5,7-8,10-19,22H2,1-4H3/t23-,24+,30?,31?,32?,33?,34?,35+,36+,39?,40?,41+,42+/m1/s1. The normalized spacial score (nSPS) is 44.2. The molecule has 6 nitrogen and oxygen atoms in total. The van der Waals surface area contributed by atoms with Crippen LogP contribution >= 0.6 is 0 Å². The molecule has 0 aliphatic heterocycles. The van der Waals surface area contributed by atoms with Crippen molar-refractivity contribution in [1.29, 1.82) is 0 Å². The Bertz CT molecular complexity index is 1510. The molecule has 6 heteroatoms. The molecule has 13 atom stereocenters. The number of phenolic OH excluding ortho intramolecular Hbond substituents is 1. The van der Waals surface area contributed by atoms with E-state index in [0.29, 0.717) is 71.2 Å². The van der Waals surface area contributed by atoms with Crippen LogP contribution < -0.4 is 0 Å². The second-order valence-electron chi connectivity index (χ2n) is 17.9. The van der Waals surface area contributed by atoms with Crippen molar-refractivity contribution >= 4 is 17.7 Å². The van der Waals surface area contributed by atoms with E-state index >= 15 is 0 Å². The molecule has 0 aromatic heterocycles. The minimum absolute atomic E-state index is 0.0191. The van der Waals surface area contributed by atoms with Gasteiger partial charge in [-0.3, -0.25) is 14.4 Å². The van der Waals surface area contributed by atoms with Crippen LogP contribution in [0.4, 0.5) is 0 Å². The summed E-state index contributed by atoms with van der Waals surface area (Å²) in [5, 5.41) is 10.0. The Labute approximate surface area is 286 Å². The number of fused-ring (bicyclic) bond motifs is 10. The average molecular weight is 657 g/mol. The molecule has 8 rings (SSSR count). The van der Waals surface area contributed by atoms with E-state index in [1.54, 1.807) is 0 Å². The summed E-state index contributed by atoms with van der Waals surface area (Å²) in [6, 6.07) is 5.92. The van der Waals surface area contributed by atoms with Gasteiger partial charge in [0.1, 0.15) is 18.0 Å². The zero-order valence-corrected chi connectivity index (χ0v) is 29.5. The Kier molecular flexibility index (Phi) is 8.15. The van der Waals surface area contributed by atoms with E-state index in [9.17, 15) is 19.5 Å². The Hall–Kier alpha value is -2.63. The number of aromatic hydroxyl groups is 1. The lowest BCUT2D eigenvalue weighted by Gasteiger charge is -2.58. The summed E-state index contributed by atoms with van der Waals surface area (Å²) in [5.74, 6) is 5.16. The van der Waals surface area contributed by atoms with E-state index in [4.69, 9.17) is 9.47 Å². The number of ether oxygens (including phenoxy) is 2. The fourth-order valence-corrected chi connectivity index (χ4v) is 13.6. The van der Waals surface area contributed by atoms with Crippen LogP contribution in [0.5, 0.6) is 5.75 Å². The van der Waals surface area contributed by atoms with Crippen molar-refractivity contribution in [2.24, 2.45) is 58.2 Å². The maximum atomic E-state index is 13.3. The number of benzene rings is 1. The summed E-state index contributed by atoms with van der Waals surface area (Å²) in [6.45, 7) is 9.49. The molecule has 0 bridgehead atoms. The van der Waals surface area contributed by atoms with Gasteiger partial charge >= 0.3 is 11.9 Å². The number of carbonyl (C=O) groups excluding carboxylic acids is 3. The summed E-state index contributed by atoms with van der Waals surface area (Å²) < 4.78 is 12.5. The quantitative estimate of drug-likeness (QED) is 0.320. The van der Waals surface area contributed by atoms with Gasteiger partial charge in [0.25, 0.3) is 0 Å². The molecule has 7 aliphatic rings. The number of rotatable bonds is 5.